The minimum atomic E-state index is -0.573. The van der Waals surface area contributed by atoms with E-state index < -0.39 is 6.04 Å². The summed E-state index contributed by atoms with van der Waals surface area (Å²) >= 11 is 0. The van der Waals surface area contributed by atoms with Gasteiger partial charge in [-0.25, -0.2) is 0 Å². The third-order valence-electron chi connectivity index (χ3n) is 2.82. The number of hydrogen-bond donors (Lipinski definition) is 2. The smallest absolute Gasteiger partial charge is 0.244 e. The number of hydrogen-bond acceptors (Lipinski definition) is 4. The first-order valence-electron chi connectivity index (χ1n) is 7.19. The van der Waals surface area contributed by atoms with Crippen LogP contribution in [0.1, 0.15) is 27.7 Å². The van der Waals surface area contributed by atoms with Crippen LogP contribution in [0.2, 0.25) is 0 Å². The molecule has 0 bridgehead atoms. The lowest BCUT2D eigenvalue weighted by molar-refractivity contribution is -0.134. The number of rotatable bonds is 8. The summed E-state index contributed by atoms with van der Waals surface area (Å²) in [6.07, 6.45) is 0. The van der Waals surface area contributed by atoms with Crippen molar-refractivity contribution in [3.8, 4) is 0 Å². The predicted octanol–water partition coefficient (Wildman–Crippen LogP) is -0.574. The first-order valence-corrected chi connectivity index (χ1v) is 7.19. The third kappa shape index (κ3) is 8.29. The second-order valence-electron chi connectivity index (χ2n) is 5.55. The molecule has 1 atom stereocenters. The Hall–Kier alpha value is -1.63. The molecule has 0 aliphatic heterocycles. The van der Waals surface area contributed by atoms with Crippen LogP contribution in [0.3, 0.4) is 0 Å². The number of nitrogens with zero attached hydrogens (tertiary/aromatic N) is 2. The average Bonchev–Trinajstić information content (AvgIpc) is 2.35. The monoisotopic (exact) mass is 300 g/mol. The van der Waals surface area contributed by atoms with Gasteiger partial charge in [-0.15, -0.1) is 0 Å². The lowest BCUT2D eigenvalue weighted by Crippen LogP contribution is -2.49. The molecule has 3 amide bonds. The van der Waals surface area contributed by atoms with Gasteiger partial charge in [-0.2, -0.15) is 0 Å². The van der Waals surface area contributed by atoms with Crippen molar-refractivity contribution in [1.29, 1.82) is 0 Å². The van der Waals surface area contributed by atoms with Crippen molar-refractivity contribution in [3.05, 3.63) is 0 Å². The maximum absolute atomic E-state index is 11.9. The van der Waals surface area contributed by atoms with E-state index in [4.69, 9.17) is 0 Å². The molecule has 0 aliphatic carbocycles. The van der Waals surface area contributed by atoms with E-state index in [1.165, 1.54) is 4.90 Å². The number of likely N-dealkylation sites (N-methyl/N-ethyl adjacent to an activating group) is 2. The van der Waals surface area contributed by atoms with Crippen molar-refractivity contribution in [1.82, 2.24) is 20.4 Å². The molecule has 7 heteroatoms. The number of amides is 3. The van der Waals surface area contributed by atoms with Gasteiger partial charge in [0.1, 0.15) is 6.04 Å². The second kappa shape index (κ2) is 9.33. The van der Waals surface area contributed by atoms with E-state index in [0.29, 0.717) is 6.54 Å². The van der Waals surface area contributed by atoms with E-state index in [9.17, 15) is 14.4 Å². The molecule has 0 saturated heterocycles. The van der Waals surface area contributed by atoms with Gasteiger partial charge in [-0.05, 0) is 27.3 Å². The zero-order chi connectivity index (χ0) is 16.6. The Morgan fingerprint density at radius 2 is 1.43 bits per heavy atom. The fourth-order valence-electron chi connectivity index (χ4n) is 1.79. The summed E-state index contributed by atoms with van der Waals surface area (Å²) in [6.45, 7) is 8.12. The predicted molar refractivity (Wildman–Crippen MR) is 81.7 cm³/mol. The van der Waals surface area contributed by atoms with Crippen LogP contribution >= 0.6 is 0 Å². The summed E-state index contributed by atoms with van der Waals surface area (Å²) in [5.41, 5.74) is 0. The van der Waals surface area contributed by atoms with E-state index >= 15 is 0 Å². The minimum Gasteiger partial charge on any atom is -0.353 e. The van der Waals surface area contributed by atoms with Crippen LogP contribution in [0.4, 0.5) is 0 Å². The number of carbonyl (C=O) groups is 3. The molecule has 2 N–H and O–H groups in total. The molecule has 0 aromatic carbocycles. The van der Waals surface area contributed by atoms with E-state index in [2.05, 4.69) is 10.6 Å². The quantitative estimate of drug-likeness (QED) is 0.629. The Balaban J connectivity index is 4.33. The Kier molecular flexibility index (Phi) is 8.61. The maximum Gasteiger partial charge on any atom is 0.244 e. The first-order chi connectivity index (χ1) is 9.67. The highest BCUT2D eigenvalue weighted by molar-refractivity contribution is 5.88. The van der Waals surface area contributed by atoms with E-state index in [1.807, 2.05) is 20.8 Å². The molecule has 0 fully saturated rings. The van der Waals surface area contributed by atoms with Gasteiger partial charge < -0.3 is 15.5 Å². The molecule has 0 aliphatic rings. The van der Waals surface area contributed by atoms with Crippen LogP contribution in [0.5, 0.6) is 0 Å². The summed E-state index contributed by atoms with van der Waals surface area (Å²) in [5.74, 6) is -0.544. The van der Waals surface area contributed by atoms with E-state index in [-0.39, 0.29) is 36.9 Å². The Labute approximate surface area is 127 Å². The first kappa shape index (κ1) is 19.4. The van der Waals surface area contributed by atoms with Crippen molar-refractivity contribution in [2.75, 3.05) is 33.7 Å². The normalized spacial score (nSPS) is 12.2. The highest BCUT2D eigenvalue weighted by atomic mass is 16.2. The Morgan fingerprint density at radius 1 is 0.952 bits per heavy atom. The van der Waals surface area contributed by atoms with Gasteiger partial charge in [-0.1, -0.05) is 6.92 Å². The minimum absolute atomic E-state index is 0.0720. The van der Waals surface area contributed by atoms with Crippen molar-refractivity contribution in [3.63, 3.8) is 0 Å². The third-order valence-corrected chi connectivity index (χ3v) is 2.82. The Bertz CT molecular complexity index is 369. The summed E-state index contributed by atoms with van der Waals surface area (Å²) < 4.78 is 0. The number of carbonyl (C=O) groups excluding carboxylic acids is 3. The lowest BCUT2D eigenvalue weighted by Gasteiger charge is -2.22. The summed E-state index contributed by atoms with van der Waals surface area (Å²) in [5, 5.41) is 5.42. The van der Waals surface area contributed by atoms with Gasteiger partial charge in [0.2, 0.25) is 17.7 Å². The summed E-state index contributed by atoms with van der Waals surface area (Å²) in [4.78, 5) is 38.4. The molecule has 7 nitrogen and oxygen atoms in total. The standard InChI is InChI=1S/C14H28N4O3/c1-7-18(8-12(19)15-10(2)3)9-13(20)16-11(4)14(21)17(5)6/h10-11H,7-9H2,1-6H3,(H,15,19)(H,16,20). The van der Waals surface area contributed by atoms with E-state index in [0.717, 1.165) is 0 Å². The van der Waals surface area contributed by atoms with Crippen LogP contribution in [0.15, 0.2) is 0 Å². The summed E-state index contributed by atoms with van der Waals surface area (Å²) in [6, 6.07) is -0.501. The second-order valence-corrected chi connectivity index (χ2v) is 5.55. The van der Waals surface area contributed by atoms with Crippen LogP contribution in [0, 0.1) is 0 Å². The van der Waals surface area contributed by atoms with Crippen molar-refractivity contribution in [2.24, 2.45) is 0 Å². The van der Waals surface area contributed by atoms with Crippen molar-refractivity contribution < 1.29 is 14.4 Å². The molecule has 0 aromatic rings. The largest absolute Gasteiger partial charge is 0.353 e. The topological polar surface area (TPSA) is 81.8 Å². The zero-order valence-corrected chi connectivity index (χ0v) is 13.9. The van der Waals surface area contributed by atoms with E-state index in [1.54, 1.807) is 25.9 Å². The molecular formula is C14H28N4O3. The highest BCUT2D eigenvalue weighted by Gasteiger charge is 2.19. The van der Waals surface area contributed by atoms with Gasteiger partial charge in [0.25, 0.3) is 0 Å². The summed E-state index contributed by atoms with van der Waals surface area (Å²) in [7, 11) is 3.28. The van der Waals surface area contributed by atoms with Gasteiger partial charge in [-0.3, -0.25) is 19.3 Å². The molecule has 0 heterocycles. The maximum atomic E-state index is 11.9. The fourth-order valence-corrected chi connectivity index (χ4v) is 1.79. The molecule has 0 rings (SSSR count). The lowest BCUT2D eigenvalue weighted by atomic mass is 10.3. The molecule has 1 unspecified atom stereocenters. The van der Waals surface area contributed by atoms with Crippen molar-refractivity contribution in [2.45, 2.75) is 39.8 Å². The van der Waals surface area contributed by atoms with Gasteiger partial charge in [0.05, 0.1) is 13.1 Å². The molecular weight excluding hydrogens is 272 g/mol. The zero-order valence-electron chi connectivity index (χ0n) is 13.9. The fraction of sp³-hybridized carbons (Fsp3) is 0.786. The van der Waals surface area contributed by atoms with Crippen LogP contribution < -0.4 is 10.6 Å². The van der Waals surface area contributed by atoms with Gasteiger partial charge in [0.15, 0.2) is 0 Å². The molecule has 122 valence electrons. The molecule has 0 saturated carbocycles. The Morgan fingerprint density at radius 3 is 1.81 bits per heavy atom. The van der Waals surface area contributed by atoms with Crippen LogP contribution in [0.25, 0.3) is 0 Å². The van der Waals surface area contributed by atoms with Gasteiger partial charge in [0, 0.05) is 20.1 Å². The average molecular weight is 300 g/mol. The molecule has 0 aromatic heterocycles. The highest BCUT2D eigenvalue weighted by Crippen LogP contribution is 1.92. The van der Waals surface area contributed by atoms with Crippen LogP contribution in [-0.2, 0) is 14.4 Å². The van der Waals surface area contributed by atoms with Gasteiger partial charge >= 0.3 is 0 Å². The molecule has 21 heavy (non-hydrogen) atoms. The number of nitrogens with one attached hydrogen (secondary N) is 2. The SMILES string of the molecule is CCN(CC(=O)NC(C)C)CC(=O)NC(C)C(=O)N(C)C. The molecule has 0 spiro atoms. The molecule has 0 radical (unpaired) electrons. The van der Waals surface area contributed by atoms with Crippen molar-refractivity contribution >= 4 is 17.7 Å². The van der Waals surface area contributed by atoms with Crippen LogP contribution in [-0.4, -0.2) is 73.3 Å².